The van der Waals surface area contributed by atoms with E-state index in [1.807, 2.05) is 42.5 Å². The maximum Gasteiger partial charge on any atom is 0.228 e. The van der Waals surface area contributed by atoms with Gasteiger partial charge in [0.25, 0.3) is 0 Å². The highest BCUT2D eigenvalue weighted by atomic mass is 35.5. The Morgan fingerprint density at radius 3 is 2.70 bits per heavy atom. The van der Waals surface area contributed by atoms with E-state index in [1.165, 1.54) is 6.42 Å². The van der Waals surface area contributed by atoms with Crippen molar-refractivity contribution in [2.24, 2.45) is 11.8 Å². The number of carbonyl (C=O) groups is 2. The van der Waals surface area contributed by atoms with Crippen LogP contribution in [0.5, 0.6) is 0 Å². The molecule has 1 aromatic carbocycles. The zero-order chi connectivity index (χ0) is 18.5. The molecule has 0 saturated carbocycles. The molecular weight excluding hydrogens is 382 g/mol. The van der Waals surface area contributed by atoms with E-state index in [0.717, 1.165) is 43.1 Å². The summed E-state index contributed by atoms with van der Waals surface area (Å²) in [6.07, 6.45) is 5.70. The number of hydrogen-bond donors (Lipinski definition) is 1. The van der Waals surface area contributed by atoms with Crippen LogP contribution in [-0.4, -0.2) is 56.2 Å². The number of likely N-dealkylation sites (tertiary alicyclic amines) is 1. The summed E-state index contributed by atoms with van der Waals surface area (Å²) in [5, 5.41) is 3.20. The summed E-state index contributed by atoms with van der Waals surface area (Å²) in [6, 6.07) is 8.00. The Bertz CT molecular complexity index is 650. The molecule has 0 aromatic heterocycles. The predicted octanol–water partition coefficient (Wildman–Crippen LogP) is 3.03. The highest BCUT2D eigenvalue weighted by molar-refractivity contribution is 7.98. The van der Waals surface area contributed by atoms with Gasteiger partial charge in [-0.25, -0.2) is 0 Å². The quantitative estimate of drug-likeness (QED) is 0.731. The molecule has 1 N–H and O–H groups in total. The summed E-state index contributed by atoms with van der Waals surface area (Å²) in [6.45, 7) is 3.22. The van der Waals surface area contributed by atoms with Crippen LogP contribution in [0.1, 0.15) is 25.7 Å². The van der Waals surface area contributed by atoms with Crippen molar-refractivity contribution in [2.75, 3.05) is 44.4 Å². The summed E-state index contributed by atoms with van der Waals surface area (Å²) in [5.41, 5.74) is 0.905. The number of rotatable bonds is 6. The standard InChI is InChI=1S/C20H29N3O2S.ClH/c1-21-9-6-15-7-10-22(11-8-15)20(25)16-12-19(24)23(14-16)17-4-3-5-18(13-17)26-2;/h3-5,13,15-16,21H,6-12,14H2,1-2H3;1H. The van der Waals surface area contributed by atoms with Crippen molar-refractivity contribution in [1.82, 2.24) is 10.2 Å². The van der Waals surface area contributed by atoms with Gasteiger partial charge in [-0.05, 0) is 63.2 Å². The fraction of sp³-hybridized carbons (Fsp3) is 0.600. The van der Waals surface area contributed by atoms with Gasteiger partial charge in [-0.3, -0.25) is 9.59 Å². The van der Waals surface area contributed by atoms with Crippen molar-refractivity contribution in [3.05, 3.63) is 24.3 Å². The molecule has 7 heteroatoms. The summed E-state index contributed by atoms with van der Waals surface area (Å²) >= 11 is 1.66. The number of carbonyl (C=O) groups excluding carboxylic acids is 2. The summed E-state index contributed by atoms with van der Waals surface area (Å²) in [5.74, 6) is 0.733. The zero-order valence-corrected chi connectivity index (χ0v) is 17.8. The normalized spacial score (nSPS) is 20.7. The topological polar surface area (TPSA) is 52.7 Å². The van der Waals surface area contributed by atoms with Crippen molar-refractivity contribution < 1.29 is 9.59 Å². The highest BCUT2D eigenvalue weighted by Crippen LogP contribution is 2.30. The first-order chi connectivity index (χ1) is 12.6. The Balaban J connectivity index is 0.00000261. The molecule has 0 bridgehead atoms. The van der Waals surface area contributed by atoms with Crippen molar-refractivity contribution in [3.8, 4) is 0 Å². The molecule has 27 heavy (non-hydrogen) atoms. The maximum absolute atomic E-state index is 12.9. The minimum Gasteiger partial charge on any atom is -0.342 e. The van der Waals surface area contributed by atoms with E-state index < -0.39 is 0 Å². The molecule has 3 rings (SSSR count). The molecule has 0 spiro atoms. The first kappa shape index (κ1) is 22.1. The molecule has 2 saturated heterocycles. The summed E-state index contributed by atoms with van der Waals surface area (Å²) in [7, 11) is 1.98. The van der Waals surface area contributed by atoms with Crippen LogP contribution in [0, 0.1) is 11.8 Å². The SMILES string of the molecule is CNCCC1CCN(C(=O)C2CC(=O)N(c3cccc(SC)c3)C2)CC1.Cl. The first-order valence-corrected chi connectivity index (χ1v) is 10.7. The lowest BCUT2D eigenvalue weighted by Gasteiger charge is -2.33. The Morgan fingerprint density at radius 2 is 2.04 bits per heavy atom. The monoisotopic (exact) mass is 411 g/mol. The first-order valence-electron chi connectivity index (χ1n) is 9.50. The zero-order valence-electron chi connectivity index (χ0n) is 16.1. The third kappa shape index (κ3) is 5.39. The number of piperidine rings is 1. The molecule has 2 aliphatic heterocycles. The molecule has 2 heterocycles. The molecule has 1 atom stereocenters. The molecule has 0 radical (unpaired) electrons. The summed E-state index contributed by atoms with van der Waals surface area (Å²) < 4.78 is 0. The van der Waals surface area contributed by atoms with Crippen LogP contribution in [0.2, 0.25) is 0 Å². The van der Waals surface area contributed by atoms with Crippen molar-refractivity contribution >= 4 is 41.7 Å². The molecule has 2 fully saturated rings. The van der Waals surface area contributed by atoms with E-state index in [1.54, 1.807) is 16.7 Å². The Morgan fingerprint density at radius 1 is 1.30 bits per heavy atom. The molecule has 2 aliphatic rings. The highest BCUT2D eigenvalue weighted by Gasteiger charge is 2.38. The number of benzene rings is 1. The second-order valence-electron chi connectivity index (χ2n) is 7.27. The van der Waals surface area contributed by atoms with Gasteiger partial charge in [0, 0.05) is 36.6 Å². The van der Waals surface area contributed by atoms with Gasteiger partial charge < -0.3 is 15.1 Å². The van der Waals surface area contributed by atoms with Crippen molar-refractivity contribution in [1.29, 1.82) is 0 Å². The van der Waals surface area contributed by atoms with Gasteiger partial charge in [0.1, 0.15) is 0 Å². The fourth-order valence-electron chi connectivity index (χ4n) is 3.95. The van der Waals surface area contributed by atoms with Crippen LogP contribution in [0.4, 0.5) is 5.69 Å². The van der Waals surface area contributed by atoms with Gasteiger partial charge in [0.2, 0.25) is 11.8 Å². The lowest BCUT2D eigenvalue weighted by atomic mass is 9.92. The van der Waals surface area contributed by atoms with Gasteiger partial charge in [-0.2, -0.15) is 0 Å². The van der Waals surface area contributed by atoms with E-state index in [2.05, 4.69) is 5.32 Å². The number of anilines is 1. The molecule has 0 aliphatic carbocycles. The number of thioether (sulfide) groups is 1. The minimum atomic E-state index is -0.200. The van der Waals surface area contributed by atoms with E-state index >= 15 is 0 Å². The van der Waals surface area contributed by atoms with Crippen molar-refractivity contribution in [2.45, 2.75) is 30.6 Å². The van der Waals surface area contributed by atoms with Crippen LogP contribution in [0.15, 0.2) is 29.2 Å². The van der Waals surface area contributed by atoms with Gasteiger partial charge >= 0.3 is 0 Å². The van der Waals surface area contributed by atoms with Crippen LogP contribution in [0.3, 0.4) is 0 Å². The molecule has 5 nitrogen and oxygen atoms in total. The van der Waals surface area contributed by atoms with Gasteiger partial charge in [0.15, 0.2) is 0 Å². The molecule has 1 unspecified atom stereocenters. The van der Waals surface area contributed by atoms with Gasteiger partial charge in [-0.15, -0.1) is 24.2 Å². The second-order valence-corrected chi connectivity index (χ2v) is 8.15. The maximum atomic E-state index is 12.9. The molecule has 150 valence electrons. The Labute approximate surface area is 172 Å². The lowest BCUT2D eigenvalue weighted by molar-refractivity contribution is -0.137. The average Bonchev–Trinajstić information content (AvgIpc) is 3.08. The number of hydrogen-bond acceptors (Lipinski definition) is 4. The van der Waals surface area contributed by atoms with Crippen molar-refractivity contribution in [3.63, 3.8) is 0 Å². The van der Waals surface area contributed by atoms with E-state index in [4.69, 9.17) is 0 Å². The van der Waals surface area contributed by atoms with Crippen LogP contribution in [-0.2, 0) is 9.59 Å². The third-order valence-corrected chi connectivity index (χ3v) is 6.29. The Kier molecular flexibility index (Phi) is 8.45. The number of halogens is 1. The number of nitrogens with zero attached hydrogens (tertiary/aromatic N) is 2. The molecule has 1 aromatic rings. The van der Waals surface area contributed by atoms with Crippen LogP contribution in [0.25, 0.3) is 0 Å². The van der Waals surface area contributed by atoms with Crippen LogP contribution < -0.4 is 10.2 Å². The predicted molar refractivity (Wildman–Crippen MR) is 114 cm³/mol. The summed E-state index contributed by atoms with van der Waals surface area (Å²) in [4.78, 5) is 30.3. The third-order valence-electron chi connectivity index (χ3n) is 5.57. The van der Waals surface area contributed by atoms with E-state index in [0.29, 0.717) is 18.9 Å². The largest absolute Gasteiger partial charge is 0.342 e. The molecule has 2 amide bonds. The number of nitrogens with one attached hydrogen (secondary N) is 1. The lowest BCUT2D eigenvalue weighted by Crippen LogP contribution is -2.42. The number of amides is 2. The van der Waals surface area contributed by atoms with E-state index in [-0.39, 0.29) is 30.1 Å². The average molecular weight is 412 g/mol. The smallest absolute Gasteiger partial charge is 0.228 e. The van der Waals surface area contributed by atoms with Crippen LogP contribution >= 0.6 is 24.2 Å². The molecular formula is C20H30ClN3O2S. The Hall–Kier alpha value is -1.24. The second kappa shape index (κ2) is 10.3. The van der Waals surface area contributed by atoms with Gasteiger partial charge in [0.05, 0.1) is 5.92 Å². The van der Waals surface area contributed by atoms with Gasteiger partial charge in [-0.1, -0.05) is 6.07 Å². The fourth-order valence-corrected chi connectivity index (χ4v) is 4.40. The minimum absolute atomic E-state index is 0. The van der Waals surface area contributed by atoms with E-state index in [9.17, 15) is 9.59 Å².